The van der Waals surface area contributed by atoms with Crippen LogP contribution < -0.4 is 0 Å². The van der Waals surface area contributed by atoms with E-state index in [1.165, 1.54) is 11.1 Å². The topological polar surface area (TPSA) is 37.3 Å². The molecule has 1 atom stereocenters. The Balaban J connectivity index is 2.05. The largest absolute Gasteiger partial charge is 0.396 e. The van der Waals surface area contributed by atoms with E-state index in [9.17, 15) is 4.79 Å². The molecule has 0 saturated heterocycles. The van der Waals surface area contributed by atoms with Crippen LogP contribution in [0.15, 0.2) is 24.3 Å². The molecule has 0 heterocycles. The van der Waals surface area contributed by atoms with Gasteiger partial charge in [0.25, 0.3) is 0 Å². The van der Waals surface area contributed by atoms with Gasteiger partial charge in [0.15, 0.2) is 0 Å². The minimum Gasteiger partial charge on any atom is -0.396 e. The van der Waals surface area contributed by atoms with Crippen molar-refractivity contribution in [3.8, 4) is 0 Å². The van der Waals surface area contributed by atoms with Gasteiger partial charge in [-0.1, -0.05) is 24.3 Å². The maximum absolute atomic E-state index is 11.2. The molecule has 0 aromatic heterocycles. The number of hydrogen-bond donors (Lipinski definition) is 1. The van der Waals surface area contributed by atoms with Crippen LogP contribution in [0.1, 0.15) is 30.4 Å². The predicted molar refractivity (Wildman–Crippen MR) is 63.3 cm³/mol. The SMILES string of the molecule is O=C1CCC(Cc2ccccc2CCO)C1. The normalized spacial score (nSPS) is 20.3. The Morgan fingerprint density at radius 3 is 2.62 bits per heavy atom. The molecule has 0 amide bonds. The van der Waals surface area contributed by atoms with Crippen LogP contribution in [0.5, 0.6) is 0 Å². The Kier molecular flexibility index (Phi) is 3.73. The highest BCUT2D eigenvalue weighted by atomic mass is 16.2. The molecule has 2 heteroatoms. The fraction of sp³-hybridized carbons (Fsp3) is 0.500. The lowest BCUT2D eigenvalue weighted by atomic mass is 9.93. The minimum absolute atomic E-state index is 0.195. The minimum atomic E-state index is 0.195. The lowest BCUT2D eigenvalue weighted by molar-refractivity contribution is -0.117. The summed E-state index contributed by atoms with van der Waals surface area (Å²) in [5, 5.41) is 8.99. The molecule has 1 saturated carbocycles. The molecule has 1 fully saturated rings. The molecule has 1 aliphatic rings. The summed E-state index contributed by atoms with van der Waals surface area (Å²) in [5.74, 6) is 0.928. The zero-order valence-electron chi connectivity index (χ0n) is 9.48. The van der Waals surface area contributed by atoms with E-state index in [2.05, 4.69) is 12.1 Å². The van der Waals surface area contributed by atoms with E-state index < -0.39 is 0 Å². The molecule has 0 radical (unpaired) electrons. The summed E-state index contributed by atoms with van der Waals surface area (Å²) in [4.78, 5) is 11.2. The van der Waals surface area contributed by atoms with Crippen molar-refractivity contribution in [2.75, 3.05) is 6.61 Å². The summed E-state index contributed by atoms with van der Waals surface area (Å²) in [6.45, 7) is 0.195. The van der Waals surface area contributed by atoms with Gasteiger partial charge in [-0.3, -0.25) is 4.79 Å². The Bertz CT molecular complexity index is 371. The second kappa shape index (κ2) is 5.26. The van der Waals surface area contributed by atoms with Crippen LogP contribution in [-0.2, 0) is 17.6 Å². The lowest BCUT2D eigenvalue weighted by Crippen LogP contribution is -2.04. The first-order valence-electron chi connectivity index (χ1n) is 5.99. The molecule has 0 bridgehead atoms. The van der Waals surface area contributed by atoms with E-state index in [0.29, 0.717) is 11.7 Å². The average molecular weight is 218 g/mol. The maximum atomic E-state index is 11.2. The number of ketones is 1. The first-order valence-corrected chi connectivity index (χ1v) is 5.99. The lowest BCUT2D eigenvalue weighted by Gasteiger charge is -2.12. The third kappa shape index (κ3) is 2.70. The van der Waals surface area contributed by atoms with Crippen LogP contribution in [0, 0.1) is 5.92 Å². The average Bonchev–Trinajstić information content (AvgIpc) is 2.67. The molecule has 2 rings (SSSR count). The fourth-order valence-electron chi connectivity index (χ4n) is 2.50. The molecule has 1 aromatic rings. The number of aliphatic hydroxyl groups excluding tert-OH is 1. The summed E-state index contributed by atoms with van der Waals surface area (Å²) in [7, 11) is 0. The van der Waals surface area contributed by atoms with Gasteiger partial charge in [-0.05, 0) is 36.3 Å². The van der Waals surface area contributed by atoms with Gasteiger partial charge in [-0.25, -0.2) is 0 Å². The van der Waals surface area contributed by atoms with E-state index in [0.717, 1.165) is 32.1 Å². The molecule has 0 spiro atoms. The van der Waals surface area contributed by atoms with Crippen molar-refractivity contribution in [1.82, 2.24) is 0 Å². The highest BCUT2D eigenvalue weighted by molar-refractivity contribution is 5.80. The van der Waals surface area contributed by atoms with Crippen molar-refractivity contribution in [2.24, 2.45) is 5.92 Å². The fourth-order valence-corrected chi connectivity index (χ4v) is 2.50. The Morgan fingerprint density at radius 1 is 1.25 bits per heavy atom. The van der Waals surface area contributed by atoms with Gasteiger partial charge < -0.3 is 5.11 Å². The molecule has 1 N–H and O–H groups in total. The molecule has 1 aromatic carbocycles. The summed E-state index contributed by atoms with van der Waals surface area (Å²) < 4.78 is 0. The van der Waals surface area contributed by atoms with Crippen LogP contribution in [0.4, 0.5) is 0 Å². The predicted octanol–water partition coefficient (Wildman–Crippen LogP) is 2.13. The molecule has 2 nitrogen and oxygen atoms in total. The van der Waals surface area contributed by atoms with Crippen molar-refractivity contribution in [2.45, 2.75) is 32.1 Å². The maximum Gasteiger partial charge on any atom is 0.133 e. The van der Waals surface area contributed by atoms with E-state index in [1.807, 2.05) is 12.1 Å². The number of carbonyl (C=O) groups excluding carboxylic acids is 1. The molecule has 1 aliphatic carbocycles. The zero-order chi connectivity index (χ0) is 11.4. The number of benzene rings is 1. The van der Waals surface area contributed by atoms with Gasteiger partial charge >= 0.3 is 0 Å². The molecule has 16 heavy (non-hydrogen) atoms. The quantitative estimate of drug-likeness (QED) is 0.840. The Labute approximate surface area is 96.3 Å². The van der Waals surface area contributed by atoms with E-state index in [-0.39, 0.29) is 6.61 Å². The number of aliphatic hydroxyl groups is 1. The van der Waals surface area contributed by atoms with E-state index >= 15 is 0 Å². The molecule has 86 valence electrons. The van der Waals surface area contributed by atoms with Crippen molar-refractivity contribution >= 4 is 5.78 Å². The second-order valence-electron chi connectivity index (χ2n) is 4.59. The zero-order valence-corrected chi connectivity index (χ0v) is 9.48. The van der Waals surface area contributed by atoms with Crippen LogP contribution in [0.3, 0.4) is 0 Å². The standard InChI is InChI=1S/C14H18O2/c15-8-7-12-3-1-2-4-13(12)9-11-5-6-14(16)10-11/h1-4,11,15H,5-10H2. The first-order chi connectivity index (χ1) is 7.79. The number of Topliss-reactive ketones (excluding diaryl/α,β-unsaturated/α-hetero) is 1. The Hall–Kier alpha value is -1.15. The van der Waals surface area contributed by atoms with Gasteiger partial charge in [0.1, 0.15) is 5.78 Å². The van der Waals surface area contributed by atoms with Crippen LogP contribution in [0.2, 0.25) is 0 Å². The molecular formula is C14H18O2. The van der Waals surface area contributed by atoms with E-state index in [1.54, 1.807) is 0 Å². The molecule has 1 unspecified atom stereocenters. The number of carbonyl (C=O) groups is 1. The molecule has 0 aliphatic heterocycles. The van der Waals surface area contributed by atoms with Crippen LogP contribution in [0.25, 0.3) is 0 Å². The first kappa shape index (κ1) is 11.3. The van der Waals surface area contributed by atoms with Crippen LogP contribution >= 0.6 is 0 Å². The van der Waals surface area contributed by atoms with Gasteiger partial charge in [-0.2, -0.15) is 0 Å². The van der Waals surface area contributed by atoms with Gasteiger partial charge in [0.05, 0.1) is 0 Å². The summed E-state index contributed by atoms with van der Waals surface area (Å²) in [6.07, 6.45) is 4.24. The number of hydrogen-bond acceptors (Lipinski definition) is 2. The monoisotopic (exact) mass is 218 g/mol. The molecular weight excluding hydrogens is 200 g/mol. The van der Waals surface area contributed by atoms with Crippen molar-refractivity contribution in [3.63, 3.8) is 0 Å². The second-order valence-corrected chi connectivity index (χ2v) is 4.59. The number of rotatable bonds is 4. The van der Waals surface area contributed by atoms with Crippen molar-refractivity contribution in [1.29, 1.82) is 0 Å². The van der Waals surface area contributed by atoms with Crippen molar-refractivity contribution in [3.05, 3.63) is 35.4 Å². The third-order valence-corrected chi connectivity index (χ3v) is 3.36. The third-order valence-electron chi connectivity index (χ3n) is 3.36. The van der Waals surface area contributed by atoms with Crippen molar-refractivity contribution < 1.29 is 9.90 Å². The van der Waals surface area contributed by atoms with Gasteiger partial charge in [0.2, 0.25) is 0 Å². The van der Waals surface area contributed by atoms with Crippen LogP contribution in [-0.4, -0.2) is 17.5 Å². The summed E-state index contributed by atoms with van der Waals surface area (Å²) >= 11 is 0. The van der Waals surface area contributed by atoms with E-state index in [4.69, 9.17) is 5.11 Å². The Morgan fingerprint density at radius 2 is 2.00 bits per heavy atom. The van der Waals surface area contributed by atoms with Gasteiger partial charge in [0, 0.05) is 19.4 Å². The summed E-state index contributed by atoms with van der Waals surface area (Å²) in [5.41, 5.74) is 2.53. The smallest absolute Gasteiger partial charge is 0.133 e. The highest BCUT2D eigenvalue weighted by Crippen LogP contribution is 2.26. The summed E-state index contributed by atoms with van der Waals surface area (Å²) in [6, 6.07) is 8.23. The highest BCUT2D eigenvalue weighted by Gasteiger charge is 2.22. The van der Waals surface area contributed by atoms with Gasteiger partial charge in [-0.15, -0.1) is 0 Å².